The number of rotatable bonds is 8. The van der Waals surface area contributed by atoms with Crippen molar-refractivity contribution >= 4 is 34.1 Å². The fraction of sp³-hybridized carbons (Fsp3) is 0.348. The molecule has 1 amide bonds. The molecule has 0 saturated carbocycles. The van der Waals surface area contributed by atoms with Crippen molar-refractivity contribution in [1.82, 2.24) is 10.2 Å². The fourth-order valence-electron chi connectivity index (χ4n) is 2.94. The zero-order valence-electron chi connectivity index (χ0n) is 17.9. The van der Waals surface area contributed by atoms with Gasteiger partial charge in [0.2, 0.25) is 5.13 Å². The number of nitrogens with zero attached hydrogens (tertiary/aromatic N) is 2. The van der Waals surface area contributed by atoms with Crippen LogP contribution in [0.3, 0.4) is 0 Å². The van der Waals surface area contributed by atoms with Gasteiger partial charge in [-0.1, -0.05) is 78.9 Å². The largest absolute Gasteiger partial charge is 0.481 e. The van der Waals surface area contributed by atoms with Crippen LogP contribution in [-0.2, 0) is 10.5 Å². The van der Waals surface area contributed by atoms with Crippen LogP contribution in [0, 0.1) is 13.8 Å². The number of nitrogens with one attached hydrogen (secondary N) is 1. The molecule has 0 radical (unpaired) electrons. The van der Waals surface area contributed by atoms with Gasteiger partial charge in [-0.2, -0.15) is 0 Å². The summed E-state index contributed by atoms with van der Waals surface area (Å²) in [7, 11) is 0. The molecule has 158 valence electrons. The maximum absolute atomic E-state index is 12.6. The minimum Gasteiger partial charge on any atom is -0.481 e. The molecule has 0 aliphatic rings. The van der Waals surface area contributed by atoms with Gasteiger partial charge in [-0.25, -0.2) is 0 Å². The summed E-state index contributed by atoms with van der Waals surface area (Å²) in [5.41, 5.74) is 4.66. The van der Waals surface area contributed by atoms with Crippen LogP contribution in [0.5, 0.6) is 5.75 Å². The number of aromatic nitrogens is 2. The molecule has 1 atom stereocenters. The van der Waals surface area contributed by atoms with Gasteiger partial charge in [0.15, 0.2) is 10.4 Å². The van der Waals surface area contributed by atoms with E-state index >= 15 is 0 Å². The van der Waals surface area contributed by atoms with Crippen LogP contribution in [0.1, 0.15) is 48.9 Å². The Morgan fingerprint density at radius 3 is 2.60 bits per heavy atom. The maximum Gasteiger partial charge on any atom is 0.266 e. The molecule has 1 aromatic heterocycles. The molecule has 1 unspecified atom stereocenters. The lowest BCUT2D eigenvalue weighted by Crippen LogP contribution is -2.30. The van der Waals surface area contributed by atoms with E-state index in [4.69, 9.17) is 4.74 Å². The molecule has 7 heteroatoms. The highest BCUT2D eigenvalue weighted by Crippen LogP contribution is 2.30. The molecule has 0 spiro atoms. The van der Waals surface area contributed by atoms with Crippen molar-refractivity contribution in [2.24, 2.45) is 0 Å². The standard InChI is InChI=1S/C23H27N3O2S2/c1-14(2)19-10-9-16(4)12-20(19)28-17(5)21(27)24-22-25-26-23(30-22)29-13-18-8-6-7-15(3)11-18/h6-12,14,17H,13H2,1-5H3,(H,24,25,27). The van der Waals surface area contributed by atoms with Crippen molar-refractivity contribution in [3.05, 3.63) is 64.7 Å². The highest BCUT2D eigenvalue weighted by atomic mass is 32.2. The quantitative estimate of drug-likeness (QED) is 0.344. The summed E-state index contributed by atoms with van der Waals surface area (Å²) in [6.45, 7) is 10.1. The molecule has 2 aromatic carbocycles. The van der Waals surface area contributed by atoms with E-state index in [1.807, 2.05) is 13.0 Å². The van der Waals surface area contributed by atoms with Crippen molar-refractivity contribution in [3.8, 4) is 5.75 Å². The number of carbonyl (C=O) groups is 1. The Kier molecular flexibility index (Phi) is 7.50. The second-order valence-corrected chi connectivity index (χ2v) is 9.80. The van der Waals surface area contributed by atoms with E-state index in [9.17, 15) is 4.79 Å². The first kappa shape index (κ1) is 22.3. The third-order valence-electron chi connectivity index (χ3n) is 4.55. The van der Waals surface area contributed by atoms with Crippen molar-refractivity contribution < 1.29 is 9.53 Å². The van der Waals surface area contributed by atoms with Gasteiger partial charge in [-0.15, -0.1) is 10.2 Å². The minimum absolute atomic E-state index is 0.238. The van der Waals surface area contributed by atoms with E-state index in [1.54, 1.807) is 18.7 Å². The van der Waals surface area contributed by atoms with Crippen molar-refractivity contribution in [3.63, 3.8) is 0 Å². The molecule has 0 aliphatic carbocycles. The normalized spacial score (nSPS) is 12.1. The Hall–Kier alpha value is -2.38. The zero-order chi connectivity index (χ0) is 21.7. The van der Waals surface area contributed by atoms with E-state index < -0.39 is 6.10 Å². The van der Waals surface area contributed by atoms with Gasteiger partial charge >= 0.3 is 0 Å². The monoisotopic (exact) mass is 441 g/mol. The molecule has 30 heavy (non-hydrogen) atoms. The van der Waals surface area contributed by atoms with Crippen LogP contribution in [0.15, 0.2) is 46.8 Å². The topological polar surface area (TPSA) is 64.1 Å². The lowest BCUT2D eigenvalue weighted by Gasteiger charge is -2.18. The van der Waals surface area contributed by atoms with E-state index in [1.165, 1.54) is 22.5 Å². The van der Waals surface area contributed by atoms with Gasteiger partial charge in [0, 0.05) is 5.75 Å². The minimum atomic E-state index is -0.642. The Balaban J connectivity index is 1.58. The Labute approximate surface area is 186 Å². The summed E-state index contributed by atoms with van der Waals surface area (Å²) < 4.78 is 6.80. The van der Waals surface area contributed by atoms with Crippen LogP contribution in [-0.4, -0.2) is 22.2 Å². The molecule has 1 N–H and O–H groups in total. The second kappa shape index (κ2) is 10.1. The SMILES string of the molecule is Cc1cccc(CSc2nnc(NC(=O)C(C)Oc3cc(C)ccc3C(C)C)s2)c1. The number of thioether (sulfide) groups is 1. The van der Waals surface area contributed by atoms with Crippen LogP contribution >= 0.6 is 23.1 Å². The second-order valence-electron chi connectivity index (χ2n) is 7.60. The van der Waals surface area contributed by atoms with Gasteiger partial charge in [0.05, 0.1) is 0 Å². The number of hydrogen-bond donors (Lipinski definition) is 1. The number of carbonyl (C=O) groups excluding carboxylic acids is 1. The van der Waals surface area contributed by atoms with Gasteiger partial charge in [0.1, 0.15) is 5.75 Å². The van der Waals surface area contributed by atoms with Crippen LogP contribution in [0.25, 0.3) is 0 Å². The fourth-order valence-corrected chi connectivity index (χ4v) is 4.64. The van der Waals surface area contributed by atoms with Gasteiger partial charge in [0.25, 0.3) is 5.91 Å². The summed E-state index contributed by atoms with van der Waals surface area (Å²) in [6, 6.07) is 14.5. The molecule has 0 bridgehead atoms. The summed E-state index contributed by atoms with van der Waals surface area (Å²) in [5.74, 6) is 1.64. The van der Waals surface area contributed by atoms with Gasteiger partial charge in [-0.05, 0) is 49.4 Å². The van der Waals surface area contributed by atoms with Crippen molar-refractivity contribution in [2.45, 2.75) is 56.7 Å². The Bertz CT molecular complexity index is 1020. The lowest BCUT2D eigenvalue weighted by molar-refractivity contribution is -0.122. The van der Waals surface area contributed by atoms with Gasteiger partial charge in [-0.3, -0.25) is 10.1 Å². The molecule has 5 nitrogen and oxygen atoms in total. The highest BCUT2D eigenvalue weighted by molar-refractivity contribution is 8.00. The van der Waals surface area contributed by atoms with E-state index in [0.717, 1.165) is 27.0 Å². The Morgan fingerprint density at radius 1 is 1.10 bits per heavy atom. The first-order valence-electron chi connectivity index (χ1n) is 9.91. The van der Waals surface area contributed by atoms with Crippen molar-refractivity contribution in [2.75, 3.05) is 5.32 Å². The molecular formula is C23H27N3O2S2. The third kappa shape index (κ3) is 6.06. The third-order valence-corrected chi connectivity index (χ3v) is 6.59. The summed E-state index contributed by atoms with van der Waals surface area (Å²) >= 11 is 2.98. The average Bonchev–Trinajstić information content (AvgIpc) is 3.13. The molecular weight excluding hydrogens is 414 g/mol. The first-order chi connectivity index (χ1) is 14.3. The summed E-state index contributed by atoms with van der Waals surface area (Å²) in [6.07, 6.45) is -0.642. The number of aryl methyl sites for hydroxylation is 2. The molecule has 1 heterocycles. The van der Waals surface area contributed by atoms with Crippen molar-refractivity contribution in [1.29, 1.82) is 0 Å². The highest BCUT2D eigenvalue weighted by Gasteiger charge is 2.19. The van der Waals surface area contributed by atoms with Crippen LogP contribution in [0.2, 0.25) is 0 Å². The average molecular weight is 442 g/mol. The number of benzene rings is 2. The zero-order valence-corrected chi connectivity index (χ0v) is 19.6. The maximum atomic E-state index is 12.6. The first-order valence-corrected chi connectivity index (χ1v) is 11.7. The summed E-state index contributed by atoms with van der Waals surface area (Å²) in [5, 5.41) is 11.6. The predicted molar refractivity (Wildman–Crippen MR) is 125 cm³/mol. The number of ether oxygens (including phenoxy) is 1. The van der Waals surface area contributed by atoms with Crippen LogP contribution in [0.4, 0.5) is 5.13 Å². The van der Waals surface area contributed by atoms with E-state index in [-0.39, 0.29) is 5.91 Å². The molecule has 0 fully saturated rings. The number of hydrogen-bond acceptors (Lipinski definition) is 6. The summed E-state index contributed by atoms with van der Waals surface area (Å²) in [4.78, 5) is 12.6. The predicted octanol–water partition coefficient (Wildman–Crippen LogP) is 5.98. The van der Waals surface area contributed by atoms with E-state index in [2.05, 4.69) is 72.7 Å². The Morgan fingerprint density at radius 2 is 1.87 bits per heavy atom. The number of anilines is 1. The lowest BCUT2D eigenvalue weighted by atomic mass is 10.0. The van der Waals surface area contributed by atoms with Crippen LogP contribution < -0.4 is 10.1 Å². The van der Waals surface area contributed by atoms with Gasteiger partial charge < -0.3 is 4.74 Å². The smallest absolute Gasteiger partial charge is 0.266 e. The number of amides is 1. The molecule has 3 aromatic rings. The molecule has 3 rings (SSSR count). The molecule has 0 aliphatic heterocycles. The van der Waals surface area contributed by atoms with E-state index in [0.29, 0.717) is 11.0 Å². The molecule has 0 saturated heterocycles.